The lowest BCUT2D eigenvalue weighted by Crippen LogP contribution is -1.93. The Labute approximate surface area is 153 Å². The van der Waals surface area contributed by atoms with Crippen LogP contribution in [-0.2, 0) is 0 Å². The fraction of sp³-hybridized carbons (Fsp3) is 0. The van der Waals surface area contributed by atoms with Gasteiger partial charge in [0.25, 0.3) is 0 Å². The molecular formula is C14H6Cl2N8S. The minimum atomic E-state index is 0.420. The zero-order valence-corrected chi connectivity index (χ0v) is 14.5. The van der Waals surface area contributed by atoms with Gasteiger partial charge in [0.05, 0.1) is 10.0 Å². The highest BCUT2D eigenvalue weighted by molar-refractivity contribution is 7.19. The van der Waals surface area contributed by atoms with E-state index in [1.54, 1.807) is 15.1 Å². The van der Waals surface area contributed by atoms with E-state index < -0.39 is 0 Å². The van der Waals surface area contributed by atoms with Crippen LogP contribution >= 0.6 is 34.5 Å². The molecule has 0 radical (unpaired) electrons. The first-order valence-corrected chi connectivity index (χ1v) is 8.63. The minimum absolute atomic E-state index is 0.420. The van der Waals surface area contributed by atoms with Gasteiger partial charge in [0.2, 0.25) is 4.96 Å². The van der Waals surface area contributed by atoms with Crippen LogP contribution in [0.25, 0.3) is 32.6 Å². The van der Waals surface area contributed by atoms with Crippen molar-refractivity contribution >= 4 is 45.1 Å². The molecule has 0 saturated carbocycles. The zero-order valence-electron chi connectivity index (χ0n) is 12.2. The number of tetrazole rings is 1. The van der Waals surface area contributed by atoms with Crippen molar-refractivity contribution in [3.05, 3.63) is 46.6 Å². The average Bonchev–Trinajstić information content (AvgIpc) is 3.31. The van der Waals surface area contributed by atoms with Crippen molar-refractivity contribution in [3.63, 3.8) is 0 Å². The van der Waals surface area contributed by atoms with Crippen LogP contribution in [0.2, 0.25) is 10.0 Å². The number of fused-ring (bicyclic) bond motifs is 2. The summed E-state index contributed by atoms with van der Waals surface area (Å²) in [4.78, 5) is 0.651. The third-order valence-electron chi connectivity index (χ3n) is 3.62. The topological polar surface area (TPSA) is 86.2 Å². The maximum Gasteiger partial charge on any atom is 0.235 e. The van der Waals surface area contributed by atoms with Crippen LogP contribution in [0.3, 0.4) is 0 Å². The summed E-state index contributed by atoms with van der Waals surface area (Å²) in [6, 6.07) is 9.09. The lowest BCUT2D eigenvalue weighted by atomic mass is 10.2. The van der Waals surface area contributed by atoms with Crippen LogP contribution in [0.15, 0.2) is 36.5 Å². The molecule has 0 amide bonds. The van der Waals surface area contributed by atoms with E-state index in [-0.39, 0.29) is 0 Å². The Balaban J connectivity index is 1.67. The standard InChI is InChI=1S/C14H6Cl2N8S/c15-9-3-1-2-8(11(9)16)12-18-19-14-24(12)20-13(25-14)7-4-5-10-17-21-22-23(10)6-7/h1-6H. The molecule has 0 unspecified atom stereocenters. The first kappa shape index (κ1) is 14.7. The quantitative estimate of drug-likeness (QED) is 0.461. The van der Waals surface area contributed by atoms with E-state index in [9.17, 15) is 0 Å². The van der Waals surface area contributed by atoms with Crippen molar-refractivity contribution in [1.82, 2.24) is 39.9 Å². The van der Waals surface area contributed by atoms with Crippen LogP contribution < -0.4 is 0 Å². The molecule has 25 heavy (non-hydrogen) atoms. The summed E-state index contributed by atoms with van der Waals surface area (Å²) >= 11 is 13.8. The minimum Gasteiger partial charge on any atom is -0.200 e. The molecule has 0 fully saturated rings. The predicted octanol–water partition coefficient (Wildman–Crippen LogP) is 3.26. The summed E-state index contributed by atoms with van der Waals surface area (Å²) in [6.07, 6.45) is 1.81. The molecule has 5 aromatic rings. The first-order chi connectivity index (χ1) is 12.2. The maximum absolute atomic E-state index is 6.30. The lowest BCUT2D eigenvalue weighted by molar-refractivity contribution is 0.823. The second-order valence-electron chi connectivity index (χ2n) is 5.13. The highest BCUT2D eigenvalue weighted by Gasteiger charge is 2.18. The van der Waals surface area contributed by atoms with Gasteiger partial charge in [0.15, 0.2) is 11.5 Å². The van der Waals surface area contributed by atoms with Gasteiger partial charge in [0.1, 0.15) is 5.01 Å². The fourth-order valence-electron chi connectivity index (χ4n) is 2.45. The molecule has 0 saturated heterocycles. The Morgan fingerprint density at radius 3 is 2.84 bits per heavy atom. The molecule has 5 rings (SSSR count). The number of pyridine rings is 1. The largest absolute Gasteiger partial charge is 0.235 e. The van der Waals surface area contributed by atoms with Crippen molar-refractivity contribution in [3.8, 4) is 22.0 Å². The van der Waals surface area contributed by atoms with Gasteiger partial charge < -0.3 is 0 Å². The van der Waals surface area contributed by atoms with Gasteiger partial charge in [-0.25, -0.2) is 0 Å². The molecule has 0 aliphatic rings. The summed E-state index contributed by atoms with van der Waals surface area (Å²) < 4.78 is 3.24. The number of halogens is 2. The number of hydrogen-bond acceptors (Lipinski definition) is 7. The summed E-state index contributed by atoms with van der Waals surface area (Å²) in [5, 5.41) is 26.0. The van der Waals surface area contributed by atoms with Gasteiger partial charge in [-0.3, -0.25) is 0 Å². The van der Waals surface area contributed by atoms with Gasteiger partial charge in [-0.1, -0.05) is 40.6 Å². The number of nitrogens with zero attached hydrogens (tertiary/aromatic N) is 8. The molecule has 0 aliphatic carbocycles. The number of aromatic nitrogens is 8. The number of rotatable bonds is 2. The third-order valence-corrected chi connectivity index (χ3v) is 5.39. The average molecular weight is 389 g/mol. The van der Waals surface area contributed by atoms with Crippen molar-refractivity contribution in [2.75, 3.05) is 0 Å². The third kappa shape index (κ3) is 2.28. The Hall–Kier alpha value is -2.62. The van der Waals surface area contributed by atoms with Crippen LogP contribution in [0.5, 0.6) is 0 Å². The van der Waals surface area contributed by atoms with E-state index in [1.807, 2.05) is 30.5 Å². The van der Waals surface area contributed by atoms with Gasteiger partial charge >= 0.3 is 0 Å². The van der Waals surface area contributed by atoms with Crippen molar-refractivity contribution < 1.29 is 0 Å². The Bertz CT molecular complexity index is 1240. The van der Waals surface area contributed by atoms with Crippen molar-refractivity contribution in [1.29, 1.82) is 0 Å². The zero-order chi connectivity index (χ0) is 17.0. The first-order valence-electron chi connectivity index (χ1n) is 7.05. The van der Waals surface area contributed by atoms with Crippen LogP contribution in [0.4, 0.5) is 0 Å². The van der Waals surface area contributed by atoms with Crippen LogP contribution in [0, 0.1) is 0 Å². The van der Waals surface area contributed by atoms with E-state index in [1.165, 1.54) is 11.3 Å². The lowest BCUT2D eigenvalue weighted by Gasteiger charge is -2.02. The molecule has 4 aromatic heterocycles. The molecule has 0 bridgehead atoms. The maximum atomic E-state index is 6.30. The van der Waals surface area contributed by atoms with Crippen molar-refractivity contribution in [2.45, 2.75) is 0 Å². The van der Waals surface area contributed by atoms with Gasteiger partial charge in [-0.05, 0) is 34.7 Å². The Morgan fingerprint density at radius 1 is 1.00 bits per heavy atom. The van der Waals surface area contributed by atoms with E-state index in [0.717, 1.165) is 10.6 Å². The molecule has 8 nitrogen and oxygen atoms in total. The summed E-state index contributed by atoms with van der Waals surface area (Å²) in [6.45, 7) is 0. The molecule has 11 heteroatoms. The molecule has 0 N–H and O–H groups in total. The second kappa shape index (κ2) is 5.45. The molecule has 0 atom stereocenters. The van der Waals surface area contributed by atoms with E-state index in [4.69, 9.17) is 23.2 Å². The Morgan fingerprint density at radius 2 is 1.92 bits per heavy atom. The summed E-state index contributed by atoms with van der Waals surface area (Å²) in [7, 11) is 0. The number of benzene rings is 1. The fourth-order valence-corrected chi connectivity index (χ4v) is 3.66. The molecular weight excluding hydrogens is 383 g/mol. The van der Waals surface area contributed by atoms with E-state index in [0.29, 0.717) is 32.0 Å². The molecule has 4 heterocycles. The van der Waals surface area contributed by atoms with Gasteiger partial charge in [-0.2, -0.15) is 14.1 Å². The number of hydrogen-bond donors (Lipinski definition) is 0. The summed E-state index contributed by atoms with van der Waals surface area (Å²) in [5.41, 5.74) is 2.21. The normalized spacial score (nSPS) is 11.6. The van der Waals surface area contributed by atoms with Crippen molar-refractivity contribution in [2.24, 2.45) is 0 Å². The second-order valence-corrected chi connectivity index (χ2v) is 6.87. The molecule has 0 aliphatic heterocycles. The molecule has 1 aromatic carbocycles. The predicted molar refractivity (Wildman–Crippen MR) is 93.9 cm³/mol. The highest BCUT2D eigenvalue weighted by atomic mass is 35.5. The van der Waals surface area contributed by atoms with Gasteiger partial charge in [-0.15, -0.1) is 15.3 Å². The Kier molecular flexibility index (Phi) is 3.20. The molecule has 122 valence electrons. The highest BCUT2D eigenvalue weighted by Crippen LogP contribution is 2.34. The summed E-state index contributed by atoms with van der Waals surface area (Å²) in [5.74, 6) is 0.536. The van der Waals surface area contributed by atoms with Crippen LogP contribution in [0.1, 0.15) is 0 Å². The van der Waals surface area contributed by atoms with E-state index in [2.05, 4.69) is 30.8 Å². The molecule has 0 spiro atoms. The monoisotopic (exact) mass is 388 g/mol. The smallest absolute Gasteiger partial charge is 0.200 e. The SMILES string of the molecule is Clc1cccc(-c2nnc3sc(-c4ccc5nnnn5c4)nn23)c1Cl. The van der Waals surface area contributed by atoms with Gasteiger partial charge in [0, 0.05) is 17.3 Å². The van der Waals surface area contributed by atoms with E-state index >= 15 is 0 Å². The van der Waals surface area contributed by atoms with Crippen LogP contribution in [-0.4, -0.2) is 39.9 Å².